The van der Waals surface area contributed by atoms with Crippen molar-refractivity contribution >= 4 is 15.9 Å². The average molecular weight is 332 g/mol. The average Bonchev–Trinajstić information content (AvgIpc) is 3.17. The highest BCUT2D eigenvalue weighted by Gasteiger charge is 2.45. The van der Waals surface area contributed by atoms with Crippen molar-refractivity contribution in [2.45, 2.75) is 18.8 Å². The van der Waals surface area contributed by atoms with Crippen molar-refractivity contribution in [2.75, 3.05) is 19.3 Å². The highest BCUT2D eigenvalue weighted by molar-refractivity contribution is 7.88. The maximum Gasteiger partial charge on any atom is 0.223 e. The summed E-state index contributed by atoms with van der Waals surface area (Å²) in [5.74, 6) is -1.97. The van der Waals surface area contributed by atoms with Crippen LogP contribution < -0.4 is 10.0 Å². The Kier molecular flexibility index (Phi) is 5.12. The van der Waals surface area contributed by atoms with E-state index in [4.69, 9.17) is 0 Å². The van der Waals surface area contributed by atoms with Crippen molar-refractivity contribution in [3.63, 3.8) is 0 Å². The molecule has 5 nitrogen and oxygen atoms in total. The van der Waals surface area contributed by atoms with Crippen LogP contribution in [0.5, 0.6) is 0 Å². The van der Waals surface area contributed by atoms with Gasteiger partial charge in [-0.25, -0.2) is 21.9 Å². The van der Waals surface area contributed by atoms with E-state index in [1.54, 1.807) is 0 Å². The highest BCUT2D eigenvalue weighted by Crippen LogP contribution is 2.48. The van der Waals surface area contributed by atoms with Gasteiger partial charge in [-0.2, -0.15) is 0 Å². The molecule has 0 aromatic heterocycles. The second kappa shape index (κ2) is 6.70. The lowest BCUT2D eigenvalue weighted by molar-refractivity contribution is -0.122. The van der Waals surface area contributed by atoms with Crippen molar-refractivity contribution in [1.29, 1.82) is 0 Å². The molecule has 0 spiro atoms. The van der Waals surface area contributed by atoms with Crippen molar-refractivity contribution < 1.29 is 22.0 Å². The number of nitrogens with one attached hydrogen (secondary N) is 2. The summed E-state index contributed by atoms with van der Waals surface area (Å²) in [5.41, 5.74) is 0.361. The zero-order valence-corrected chi connectivity index (χ0v) is 12.9. The summed E-state index contributed by atoms with van der Waals surface area (Å²) >= 11 is 0. The van der Waals surface area contributed by atoms with Crippen LogP contribution in [-0.4, -0.2) is 33.7 Å². The molecule has 22 heavy (non-hydrogen) atoms. The number of hydrogen-bond donors (Lipinski definition) is 2. The minimum absolute atomic E-state index is 0.187. The van der Waals surface area contributed by atoms with Crippen LogP contribution in [0.1, 0.15) is 24.3 Å². The van der Waals surface area contributed by atoms with Gasteiger partial charge in [0.15, 0.2) is 0 Å². The van der Waals surface area contributed by atoms with Gasteiger partial charge in [0.25, 0.3) is 0 Å². The second-order valence-electron chi connectivity index (χ2n) is 5.43. The summed E-state index contributed by atoms with van der Waals surface area (Å²) in [7, 11) is -3.22. The zero-order chi connectivity index (χ0) is 16.3. The maximum absolute atomic E-state index is 13.6. The van der Waals surface area contributed by atoms with Gasteiger partial charge in [0, 0.05) is 25.1 Å². The number of carbonyl (C=O) groups excluding carboxylic acids is 1. The molecule has 1 aliphatic carbocycles. The van der Waals surface area contributed by atoms with Crippen LogP contribution in [0.3, 0.4) is 0 Å². The Labute approximate surface area is 128 Å². The molecule has 0 radical (unpaired) electrons. The Hall–Kier alpha value is -1.54. The number of carbonyl (C=O) groups is 1. The fourth-order valence-corrected chi connectivity index (χ4v) is 2.83. The zero-order valence-electron chi connectivity index (χ0n) is 12.1. The van der Waals surface area contributed by atoms with Crippen LogP contribution in [0, 0.1) is 17.6 Å². The molecule has 2 atom stereocenters. The van der Waals surface area contributed by atoms with Crippen LogP contribution in [-0.2, 0) is 14.8 Å². The number of benzene rings is 1. The molecule has 0 saturated heterocycles. The Morgan fingerprint density at radius 2 is 2.05 bits per heavy atom. The summed E-state index contributed by atoms with van der Waals surface area (Å²) < 4.78 is 50.5. The van der Waals surface area contributed by atoms with Crippen molar-refractivity contribution in [2.24, 2.45) is 5.92 Å². The minimum atomic E-state index is -3.22. The van der Waals surface area contributed by atoms with Gasteiger partial charge in [-0.15, -0.1) is 0 Å². The normalized spacial score (nSPS) is 20.7. The fraction of sp³-hybridized carbons (Fsp3) is 0.500. The lowest BCUT2D eigenvalue weighted by atomic mass is 10.1. The molecule has 1 aliphatic rings. The van der Waals surface area contributed by atoms with E-state index in [2.05, 4.69) is 10.0 Å². The smallest absolute Gasteiger partial charge is 0.223 e. The molecule has 122 valence electrons. The Balaban J connectivity index is 1.74. The van der Waals surface area contributed by atoms with Gasteiger partial charge in [-0.1, -0.05) is 6.07 Å². The van der Waals surface area contributed by atoms with Crippen LogP contribution in [0.2, 0.25) is 0 Å². The number of amides is 1. The molecule has 1 aromatic rings. The van der Waals surface area contributed by atoms with Crippen molar-refractivity contribution in [3.05, 3.63) is 35.4 Å². The molecule has 2 rings (SSSR count). The number of sulfonamides is 1. The molecular formula is C14H18F2N2O3S. The van der Waals surface area contributed by atoms with E-state index in [1.165, 1.54) is 12.1 Å². The van der Waals surface area contributed by atoms with E-state index >= 15 is 0 Å². The summed E-state index contributed by atoms with van der Waals surface area (Å²) in [6.45, 7) is 0.594. The molecule has 2 N–H and O–H groups in total. The quantitative estimate of drug-likeness (QED) is 0.735. The Bertz CT molecular complexity index is 664. The predicted molar refractivity (Wildman–Crippen MR) is 77.7 cm³/mol. The highest BCUT2D eigenvalue weighted by atomic mass is 32.2. The van der Waals surface area contributed by atoms with Gasteiger partial charge < -0.3 is 5.32 Å². The largest absolute Gasteiger partial charge is 0.356 e. The molecule has 8 heteroatoms. The first-order valence-corrected chi connectivity index (χ1v) is 8.84. The molecule has 0 unspecified atom stereocenters. The lowest BCUT2D eigenvalue weighted by Gasteiger charge is -2.06. The third kappa shape index (κ3) is 4.74. The predicted octanol–water partition coefficient (Wildman–Crippen LogP) is 1.12. The van der Waals surface area contributed by atoms with Gasteiger partial charge in [0.2, 0.25) is 15.9 Å². The van der Waals surface area contributed by atoms with E-state index < -0.39 is 21.7 Å². The minimum Gasteiger partial charge on any atom is -0.356 e. The van der Waals surface area contributed by atoms with Gasteiger partial charge in [0.05, 0.1) is 6.26 Å². The van der Waals surface area contributed by atoms with Crippen LogP contribution in [0.15, 0.2) is 18.2 Å². The van der Waals surface area contributed by atoms with E-state index in [9.17, 15) is 22.0 Å². The fourth-order valence-electron chi connectivity index (χ4n) is 2.32. The topological polar surface area (TPSA) is 75.3 Å². The number of rotatable bonds is 7. The second-order valence-corrected chi connectivity index (χ2v) is 7.26. The first-order valence-electron chi connectivity index (χ1n) is 6.95. The molecule has 1 fully saturated rings. The van der Waals surface area contributed by atoms with Crippen LogP contribution in [0.25, 0.3) is 0 Å². The monoisotopic (exact) mass is 332 g/mol. The molecule has 1 saturated carbocycles. The number of halogens is 2. The third-order valence-electron chi connectivity index (χ3n) is 3.51. The molecule has 1 aromatic carbocycles. The first-order chi connectivity index (χ1) is 10.3. The number of hydrogen-bond acceptors (Lipinski definition) is 3. The SMILES string of the molecule is CS(=O)(=O)NCCCNC(=O)[C@@H]1C[C@@H]1c1ccc(F)cc1F. The van der Waals surface area contributed by atoms with Gasteiger partial charge >= 0.3 is 0 Å². The van der Waals surface area contributed by atoms with E-state index in [0.717, 1.165) is 12.3 Å². The third-order valence-corrected chi connectivity index (χ3v) is 4.23. The van der Waals surface area contributed by atoms with Crippen molar-refractivity contribution in [1.82, 2.24) is 10.0 Å². The van der Waals surface area contributed by atoms with Crippen LogP contribution in [0.4, 0.5) is 8.78 Å². The lowest BCUT2D eigenvalue weighted by Crippen LogP contribution is -2.30. The first kappa shape index (κ1) is 16.8. The summed E-state index contributed by atoms with van der Waals surface area (Å²) in [6, 6.07) is 3.38. The summed E-state index contributed by atoms with van der Waals surface area (Å²) in [4.78, 5) is 11.9. The van der Waals surface area contributed by atoms with Gasteiger partial charge in [0.1, 0.15) is 11.6 Å². The Morgan fingerprint density at radius 1 is 1.32 bits per heavy atom. The molecular weight excluding hydrogens is 314 g/mol. The van der Waals surface area contributed by atoms with Crippen LogP contribution >= 0.6 is 0 Å². The molecule has 0 bridgehead atoms. The molecule has 0 aliphatic heterocycles. The summed E-state index contributed by atoms with van der Waals surface area (Å²) in [5, 5.41) is 2.69. The Morgan fingerprint density at radius 3 is 2.68 bits per heavy atom. The van der Waals surface area contributed by atoms with Gasteiger partial charge in [-0.05, 0) is 30.4 Å². The molecule has 1 amide bonds. The van der Waals surface area contributed by atoms with E-state index in [1.807, 2.05) is 0 Å². The van der Waals surface area contributed by atoms with Gasteiger partial charge in [-0.3, -0.25) is 4.79 Å². The standard InChI is InChI=1S/C14H18F2N2O3S/c1-22(20,21)18-6-2-5-17-14(19)12-8-11(12)10-4-3-9(15)7-13(10)16/h3-4,7,11-12,18H,2,5-6,8H2,1H3,(H,17,19)/t11-,12-/m1/s1. The maximum atomic E-state index is 13.6. The summed E-state index contributed by atoms with van der Waals surface area (Å²) in [6.07, 6.45) is 2.08. The van der Waals surface area contributed by atoms with E-state index in [-0.39, 0.29) is 24.3 Å². The van der Waals surface area contributed by atoms with Crippen molar-refractivity contribution in [3.8, 4) is 0 Å². The molecule has 0 heterocycles. The van der Waals surface area contributed by atoms with E-state index in [0.29, 0.717) is 24.9 Å².